The average molecular weight is 295 g/mol. The van der Waals surface area contributed by atoms with Gasteiger partial charge in [0.2, 0.25) is 0 Å². The summed E-state index contributed by atoms with van der Waals surface area (Å²) in [6.07, 6.45) is 1.05. The molecule has 0 aromatic heterocycles. The second-order valence-corrected chi connectivity index (χ2v) is 6.36. The van der Waals surface area contributed by atoms with Crippen LogP contribution in [0.1, 0.15) is 17.2 Å². The maximum absolute atomic E-state index is 3.71. The number of hydrogen-bond donors (Lipinski definition) is 1. The largest absolute Gasteiger partial charge is 0.378 e. The monoisotopic (exact) mass is 295 g/mol. The first-order valence-electron chi connectivity index (χ1n) is 8.14. The Balaban J connectivity index is 1.55. The van der Waals surface area contributed by atoms with Crippen LogP contribution in [0.3, 0.4) is 0 Å². The van der Waals surface area contributed by atoms with Gasteiger partial charge in [0, 0.05) is 5.69 Å². The standard InChI is InChI=1S/C22H17N/c1-2-6-16-11-19(10-9-15(16)5-1)21-14-20-12-17-7-3-4-8-18(17)13-22(20)23-21/h1-13,21,23H,14H2. The molecular weight excluding hydrogens is 278 g/mol. The molecule has 0 spiro atoms. The van der Waals surface area contributed by atoms with Crippen LogP contribution in [0.4, 0.5) is 5.69 Å². The molecule has 0 radical (unpaired) electrons. The molecule has 1 heterocycles. The molecule has 1 atom stereocenters. The molecular formula is C22H17N. The quantitative estimate of drug-likeness (QED) is 0.475. The van der Waals surface area contributed by atoms with Crippen LogP contribution in [-0.2, 0) is 6.42 Å². The molecule has 0 aliphatic carbocycles. The Morgan fingerprint density at radius 2 is 1.30 bits per heavy atom. The predicted molar refractivity (Wildman–Crippen MR) is 98.0 cm³/mol. The lowest BCUT2D eigenvalue weighted by Crippen LogP contribution is -2.05. The minimum Gasteiger partial charge on any atom is -0.378 e. The molecule has 110 valence electrons. The van der Waals surface area contributed by atoms with E-state index in [9.17, 15) is 0 Å². The topological polar surface area (TPSA) is 12.0 Å². The highest BCUT2D eigenvalue weighted by molar-refractivity contribution is 5.88. The van der Waals surface area contributed by atoms with Crippen molar-refractivity contribution in [3.8, 4) is 0 Å². The molecule has 1 unspecified atom stereocenters. The van der Waals surface area contributed by atoms with Gasteiger partial charge in [0.15, 0.2) is 0 Å². The molecule has 23 heavy (non-hydrogen) atoms. The van der Waals surface area contributed by atoms with Crippen molar-refractivity contribution in [2.45, 2.75) is 12.5 Å². The van der Waals surface area contributed by atoms with Crippen LogP contribution in [0.15, 0.2) is 78.9 Å². The fraction of sp³-hybridized carbons (Fsp3) is 0.0909. The predicted octanol–water partition coefficient (Wildman–Crippen LogP) is 5.70. The maximum Gasteiger partial charge on any atom is 0.0555 e. The van der Waals surface area contributed by atoms with Crippen molar-refractivity contribution < 1.29 is 0 Å². The van der Waals surface area contributed by atoms with E-state index in [0.29, 0.717) is 6.04 Å². The zero-order chi connectivity index (χ0) is 15.2. The first-order chi connectivity index (χ1) is 11.4. The molecule has 1 N–H and O–H groups in total. The zero-order valence-corrected chi connectivity index (χ0v) is 12.8. The summed E-state index contributed by atoms with van der Waals surface area (Å²) in [6, 6.07) is 28.9. The van der Waals surface area contributed by atoms with Crippen LogP contribution in [0.5, 0.6) is 0 Å². The Bertz CT molecular complexity index is 988. The van der Waals surface area contributed by atoms with Crippen molar-refractivity contribution in [3.63, 3.8) is 0 Å². The molecule has 1 aliphatic rings. The van der Waals surface area contributed by atoms with Crippen molar-refractivity contribution in [2.75, 3.05) is 5.32 Å². The van der Waals surface area contributed by atoms with E-state index in [1.165, 1.54) is 38.4 Å². The SMILES string of the molecule is c1ccc2cc(C3Cc4cc5ccccc5cc4N3)ccc2c1. The lowest BCUT2D eigenvalue weighted by molar-refractivity contribution is 0.826. The molecule has 1 nitrogen and oxygen atoms in total. The van der Waals surface area contributed by atoms with Crippen molar-refractivity contribution in [1.82, 2.24) is 0 Å². The number of fused-ring (bicyclic) bond motifs is 3. The minimum atomic E-state index is 0.367. The molecule has 0 saturated carbocycles. The van der Waals surface area contributed by atoms with E-state index in [2.05, 4.69) is 84.2 Å². The van der Waals surface area contributed by atoms with Gasteiger partial charge in [0.25, 0.3) is 0 Å². The highest BCUT2D eigenvalue weighted by Gasteiger charge is 2.22. The summed E-state index contributed by atoms with van der Waals surface area (Å²) in [5.74, 6) is 0. The molecule has 4 aromatic carbocycles. The molecule has 1 heteroatoms. The number of benzene rings is 4. The lowest BCUT2D eigenvalue weighted by atomic mass is 9.98. The van der Waals surface area contributed by atoms with Gasteiger partial charge in [-0.25, -0.2) is 0 Å². The number of anilines is 1. The first kappa shape index (κ1) is 12.7. The zero-order valence-electron chi connectivity index (χ0n) is 12.8. The maximum atomic E-state index is 3.71. The fourth-order valence-electron chi connectivity index (χ4n) is 3.68. The summed E-state index contributed by atoms with van der Waals surface area (Å²) in [7, 11) is 0. The second-order valence-electron chi connectivity index (χ2n) is 6.36. The van der Waals surface area contributed by atoms with Crippen molar-refractivity contribution in [1.29, 1.82) is 0 Å². The summed E-state index contributed by atoms with van der Waals surface area (Å²) < 4.78 is 0. The number of nitrogens with one attached hydrogen (secondary N) is 1. The third-order valence-corrected chi connectivity index (χ3v) is 4.90. The average Bonchev–Trinajstić information content (AvgIpc) is 3.02. The van der Waals surface area contributed by atoms with Crippen LogP contribution in [0.25, 0.3) is 21.5 Å². The molecule has 0 amide bonds. The van der Waals surface area contributed by atoms with Crippen LogP contribution >= 0.6 is 0 Å². The van der Waals surface area contributed by atoms with E-state index >= 15 is 0 Å². The van der Waals surface area contributed by atoms with Gasteiger partial charge in [-0.05, 0) is 57.3 Å². The number of hydrogen-bond acceptors (Lipinski definition) is 1. The summed E-state index contributed by atoms with van der Waals surface area (Å²) >= 11 is 0. The summed E-state index contributed by atoms with van der Waals surface area (Å²) in [5.41, 5.74) is 4.06. The molecule has 0 saturated heterocycles. The van der Waals surface area contributed by atoms with Crippen molar-refractivity contribution in [3.05, 3.63) is 90.0 Å². The third kappa shape index (κ3) is 2.08. The van der Waals surface area contributed by atoms with Crippen LogP contribution in [-0.4, -0.2) is 0 Å². The molecule has 0 bridgehead atoms. The Morgan fingerprint density at radius 1 is 0.652 bits per heavy atom. The lowest BCUT2D eigenvalue weighted by Gasteiger charge is -2.12. The van der Waals surface area contributed by atoms with Gasteiger partial charge in [-0.1, -0.05) is 60.7 Å². The van der Waals surface area contributed by atoms with Gasteiger partial charge in [-0.3, -0.25) is 0 Å². The third-order valence-electron chi connectivity index (χ3n) is 4.90. The van der Waals surface area contributed by atoms with Gasteiger partial charge in [-0.15, -0.1) is 0 Å². The normalized spacial score (nSPS) is 16.4. The van der Waals surface area contributed by atoms with Gasteiger partial charge in [-0.2, -0.15) is 0 Å². The van der Waals surface area contributed by atoms with E-state index in [1.807, 2.05) is 0 Å². The Kier molecular flexibility index (Phi) is 2.68. The summed E-state index contributed by atoms with van der Waals surface area (Å²) in [4.78, 5) is 0. The van der Waals surface area contributed by atoms with Gasteiger partial charge >= 0.3 is 0 Å². The second kappa shape index (κ2) is 4.85. The fourth-order valence-corrected chi connectivity index (χ4v) is 3.68. The smallest absolute Gasteiger partial charge is 0.0555 e. The van der Waals surface area contributed by atoms with Gasteiger partial charge < -0.3 is 5.32 Å². The summed E-state index contributed by atoms with van der Waals surface area (Å²) in [5, 5.41) is 8.95. The molecule has 5 rings (SSSR count). The summed E-state index contributed by atoms with van der Waals surface area (Å²) in [6.45, 7) is 0. The highest BCUT2D eigenvalue weighted by Crippen LogP contribution is 2.37. The Morgan fingerprint density at radius 3 is 2.09 bits per heavy atom. The van der Waals surface area contributed by atoms with Crippen LogP contribution in [0, 0.1) is 0 Å². The van der Waals surface area contributed by atoms with Gasteiger partial charge in [0.05, 0.1) is 6.04 Å². The van der Waals surface area contributed by atoms with Crippen LogP contribution < -0.4 is 5.32 Å². The van der Waals surface area contributed by atoms with E-state index in [-0.39, 0.29) is 0 Å². The van der Waals surface area contributed by atoms with E-state index in [1.54, 1.807) is 0 Å². The van der Waals surface area contributed by atoms with Gasteiger partial charge in [0.1, 0.15) is 0 Å². The highest BCUT2D eigenvalue weighted by atomic mass is 14.9. The molecule has 4 aromatic rings. The Hall–Kier alpha value is -2.80. The van der Waals surface area contributed by atoms with E-state index in [4.69, 9.17) is 0 Å². The molecule has 0 fully saturated rings. The Labute approximate surface area is 135 Å². The van der Waals surface area contributed by atoms with E-state index < -0.39 is 0 Å². The van der Waals surface area contributed by atoms with Crippen molar-refractivity contribution >= 4 is 27.2 Å². The molecule has 1 aliphatic heterocycles. The van der Waals surface area contributed by atoms with Crippen LogP contribution in [0.2, 0.25) is 0 Å². The minimum absolute atomic E-state index is 0.367. The van der Waals surface area contributed by atoms with E-state index in [0.717, 1.165) is 6.42 Å². The first-order valence-corrected chi connectivity index (χ1v) is 8.14. The van der Waals surface area contributed by atoms with Crippen molar-refractivity contribution in [2.24, 2.45) is 0 Å². The number of rotatable bonds is 1.